The Balaban J connectivity index is 2.26. The molecule has 3 heteroatoms. The van der Waals surface area contributed by atoms with Gasteiger partial charge in [-0.2, -0.15) is 0 Å². The molecule has 0 aliphatic heterocycles. The van der Waals surface area contributed by atoms with Crippen LogP contribution in [0.5, 0.6) is 0 Å². The SMILES string of the molecule is CCCC(O)(Cc1nc(C(C)(C)C)cs1)c1ccccc1. The topological polar surface area (TPSA) is 33.1 Å². The van der Waals surface area contributed by atoms with Gasteiger partial charge in [0.25, 0.3) is 0 Å². The van der Waals surface area contributed by atoms with Crippen LogP contribution in [0.2, 0.25) is 0 Å². The summed E-state index contributed by atoms with van der Waals surface area (Å²) < 4.78 is 0. The van der Waals surface area contributed by atoms with Crippen LogP contribution in [0.25, 0.3) is 0 Å². The van der Waals surface area contributed by atoms with Gasteiger partial charge in [0.2, 0.25) is 0 Å². The van der Waals surface area contributed by atoms with Crippen molar-refractivity contribution in [3.05, 3.63) is 52.0 Å². The molecule has 1 N–H and O–H groups in total. The van der Waals surface area contributed by atoms with E-state index in [0.29, 0.717) is 6.42 Å². The van der Waals surface area contributed by atoms with Crippen LogP contribution in [0.3, 0.4) is 0 Å². The second-order valence-corrected chi connectivity index (χ2v) is 7.64. The van der Waals surface area contributed by atoms with Gasteiger partial charge in [-0.25, -0.2) is 4.98 Å². The van der Waals surface area contributed by atoms with Crippen molar-refractivity contribution in [2.75, 3.05) is 0 Å². The summed E-state index contributed by atoms with van der Waals surface area (Å²) in [6.45, 7) is 8.61. The van der Waals surface area contributed by atoms with Gasteiger partial charge in [-0.3, -0.25) is 0 Å². The molecule has 0 amide bonds. The van der Waals surface area contributed by atoms with E-state index in [1.54, 1.807) is 11.3 Å². The predicted octanol–water partition coefficient (Wildman–Crippen LogP) is 4.67. The van der Waals surface area contributed by atoms with E-state index in [0.717, 1.165) is 29.1 Å². The predicted molar refractivity (Wildman–Crippen MR) is 89.8 cm³/mol. The zero-order chi connectivity index (χ0) is 15.5. The Morgan fingerprint density at radius 2 is 1.81 bits per heavy atom. The molecular weight excluding hydrogens is 278 g/mol. The van der Waals surface area contributed by atoms with Crippen molar-refractivity contribution in [1.29, 1.82) is 0 Å². The van der Waals surface area contributed by atoms with Gasteiger partial charge >= 0.3 is 0 Å². The molecule has 1 aromatic carbocycles. The van der Waals surface area contributed by atoms with Crippen LogP contribution in [0.1, 0.15) is 56.8 Å². The smallest absolute Gasteiger partial charge is 0.0960 e. The van der Waals surface area contributed by atoms with E-state index in [2.05, 4.69) is 33.1 Å². The fraction of sp³-hybridized carbons (Fsp3) is 0.500. The van der Waals surface area contributed by atoms with Gasteiger partial charge in [0, 0.05) is 17.2 Å². The van der Waals surface area contributed by atoms with Gasteiger partial charge in [0.05, 0.1) is 16.3 Å². The molecule has 1 atom stereocenters. The second kappa shape index (κ2) is 6.29. The van der Waals surface area contributed by atoms with E-state index >= 15 is 0 Å². The van der Waals surface area contributed by atoms with Crippen LogP contribution in [-0.4, -0.2) is 10.1 Å². The monoisotopic (exact) mass is 303 g/mol. The van der Waals surface area contributed by atoms with E-state index in [4.69, 9.17) is 4.98 Å². The van der Waals surface area contributed by atoms with E-state index in [9.17, 15) is 5.11 Å². The van der Waals surface area contributed by atoms with Crippen molar-refractivity contribution in [3.8, 4) is 0 Å². The molecule has 21 heavy (non-hydrogen) atoms. The summed E-state index contributed by atoms with van der Waals surface area (Å²) in [5.74, 6) is 0. The Morgan fingerprint density at radius 1 is 1.14 bits per heavy atom. The fourth-order valence-corrected chi connectivity index (χ4v) is 3.61. The van der Waals surface area contributed by atoms with Crippen molar-refractivity contribution in [3.63, 3.8) is 0 Å². The van der Waals surface area contributed by atoms with Gasteiger partial charge in [-0.1, -0.05) is 64.4 Å². The zero-order valence-corrected chi connectivity index (χ0v) is 14.2. The van der Waals surface area contributed by atoms with E-state index in [1.807, 2.05) is 30.3 Å². The molecule has 114 valence electrons. The molecule has 2 nitrogen and oxygen atoms in total. The molecule has 0 bridgehead atoms. The number of benzene rings is 1. The Morgan fingerprint density at radius 3 is 2.33 bits per heavy atom. The Labute approximate surface area is 131 Å². The number of aromatic nitrogens is 1. The average Bonchev–Trinajstić information content (AvgIpc) is 2.88. The largest absolute Gasteiger partial charge is 0.385 e. The van der Waals surface area contributed by atoms with Gasteiger partial charge in [-0.15, -0.1) is 11.3 Å². The standard InChI is InChI=1S/C18H25NOS/c1-5-11-18(20,14-9-7-6-8-10-14)12-16-19-15(13-21-16)17(2,3)4/h6-10,13,20H,5,11-12H2,1-4H3. The van der Waals surface area contributed by atoms with Crippen LogP contribution < -0.4 is 0 Å². The number of nitrogens with zero attached hydrogens (tertiary/aromatic N) is 1. The van der Waals surface area contributed by atoms with Gasteiger partial charge in [0.15, 0.2) is 0 Å². The average molecular weight is 303 g/mol. The quantitative estimate of drug-likeness (QED) is 0.870. The number of aliphatic hydroxyl groups is 1. The molecule has 1 unspecified atom stereocenters. The van der Waals surface area contributed by atoms with Crippen LogP contribution in [-0.2, 0) is 17.4 Å². The minimum absolute atomic E-state index is 0.0599. The van der Waals surface area contributed by atoms with Crippen LogP contribution in [0.15, 0.2) is 35.7 Å². The Bertz CT molecular complexity index is 570. The van der Waals surface area contributed by atoms with Crippen molar-refractivity contribution >= 4 is 11.3 Å². The van der Waals surface area contributed by atoms with Crippen molar-refractivity contribution in [2.45, 2.75) is 58.0 Å². The van der Waals surface area contributed by atoms with Crippen molar-refractivity contribution < 1.29 is 5.11 Å². The lowest BCUT2D eigenvalue weighted by molar-refractivity contribution is 0.0268. The van der Waals surface area contributed by atoms with Gasteiger partial charge in [-0.05, 0) is 12.0 Å². The van der Waals surface area contributed by atoms with Crippen LogP contribution in [0, 0.1) is 0 Å². The van der Waals surface area contributed by atoms with Crippen molar-refractivity contribution in [1.82, 2.24) is 4.98 Å². The number of rotatable bonds is 5. The Hall–Kier alpha value is -1.19. The third-order valence-corrected chi connectivity index (χ3v) is 4.59. The molecule has 0 saturated heterocycles. The zero-order valence-electron chi connectivity index (χ0n) is 13.4. The normalized spacial score (nSPS) is 14.9. The molecule has 1 heterocycles. The molecule has 0 spiro atoms. The molecule has 0 aliphatic rings. The van der Waals surface area contributed by atoms with Gasteiger partial charge < -0.3 is 5.11 Å². The highest BCUT2D eigenvalue weighted by molar-refractivity contribution is 7.09. The highest BCUT2D eigenvalue weighted by Crippen LogP contribution is 2.33. The molecular formula is C18H25NOS. The fourth-order valence-electron chi connectivity index (χ4n) is 2.48. The first-order valence-corrected chi connectivity index (χ1v) is 8.46. The summed E-state index contributed by atoms with van der Waals surface area (Å²) in [5, 5.41) is 14.2. The van der Waals surface area contributed by atoms with Gasteiger partial charge in [0.1, 0.15) is 0 Å². The molecule has 0 radical (unpaired) electrons. The van der Waals surface area contributed by atoms with E-state index in [-0.39, 0.29) is 5.41 Å². The third kappa shape index (κ3) is 3.92. The minimum Gasteiger partial charge on any atom is -0.385 e. The third-order valence-electron chi connectivity index (χ3n) is 3.74. The second-order valence-electron chi connectivity index (χ2n) is 6.70. The summed E-state index contributed by atoms with van der Waals surface area (Å²) in [5.41, 5.74) is 1.33. The molecule has 0 fully saturated rings. The highest BCUT2D eigenvalue weighted by atomic mass is 32.1. The highest BCUT2D eigenvalue weighted by Gasteiger charge is 2.30. The summed E-state index contributed by atoms with van der Waals surface area (Å²) in [7, 11) is 0. The summed E-state index contributed by atoms with van der Waals surface area (Å²) in [4.78, 5) is 4.73. The molecule has 2 aromatic rings. The maximum atomic E-state index is 11.1. The van der Waals surface area contributed by atoms with Crippen molar-refractivity contribution in [2.24, 2.45) is 0 Å². The lowest BCUT2D eigenvalue weighted by atomic mass is 9.86. The molecule has 0 aliphatic carbocycles. The first-order chi connectivity index (χ1) is 9.85. The minimum atomic E-state index is -0.816. The molecule has 0 saturated carbocycles. The lowest BCUT2D eigenvalue weighted by Crippen LogP contribution is -2.28. The van der Waals surface area contributed by atoms with Crippen LogP contribution in [0.4, 0.5) is 0 Å². The Kier molecular flexibility index (Phi) is 4.84. The first kappa shape index (κ1) is 16.2. The summed E-state index contributed by atoms with van der Waals surface area (Å²) >= 11 is 1.65. The summed E-state index contributed by atoms with van der Waals surface area (Å²) in [6, 6.07) is 9.97. The first-order valence-electron chi connectivity index (χ1n) is 7.58. The maximum absolute atomic E-state index is 11.1. The number of hydrogen-bond donors (Lipinski definition) is 1. The van der Waals surface area contributed by atoms with Crippen LogP contribution >= 0.6 is 11.3 Å². The number of thiazole rings is 1. The number of hydrogen-bond acceptors (Lipinski definition) is 3. The van der Waals surface area contributed by atoms with E-state index < -0.39 is 5.60 Å². The summed E-state index contributed by atoms with van der Waals surface area (Å²) in [6.07, 6.45) is 2.29. The lowest BCUT2D eigenvalue weighted by Gasteiger charge is -2.27. The van der Waals surface area contributed by atoms with E-state index in [1.165, 1.54) is 0 Å². The molecule has 1 aromatic heterocycles. The maximum Gasteiger partial charge on any atom is 0.0960 e. The molecule has 2 rings (SSSR count).